The van der Waals surface area contributed by atoms with Gasteiger partial charge in [0, 0.05) is 5.56 Å². The summed E-state index contributed by atoms with van der Waals surface area (Å²) in [6.07, 6.45) is 3.85. The van der Waals surface area contributed by atoms with Gasteiger partial charge in [-0.1, -0.05) is 48.0 Å². The van der Waals surface area contributed by atoms with E-state index in [2.05, 4.69) is 11.9 Å². The fourth-order valence-electron chi connectivity index (χ4n) is 3.88. The topological polar surface area (TPSA) is 67.9 Å². The number of rotatable bonds is 9. The number of amides is 3. The minimum Gasteiger partial charge on any atom is -0.493 e. The van der Waals surface area contributed by atoms with Crippen LogP contribution < -0.4 is 14.8 Å². The Morgan fingerprint density at radius 2 is 1.72 bits per heavy atom. The van der Waals surface area contributed by atoms with E-state index in [4.69, 9.17) is 9.47 Å². The van der Waals surface area contributed by atoms with Gasteiger partial charge in [-0.3, -0.25) is 9.69 Å². The summed E-state index contributed by atoms with van der Waals surface area (Å²) in [4.78, 5) is 26.7. The minimum atomic E-state index is -0.468. The zero-order valence-electron chi connectivity index (χ0n) is 20.2. The van der Waals surface area contributed by atoms with Crippen LogP contribution in [-0.2, 0) is 24.4 Å². The maximum Gasteiger partial charge on any atom is 0.329 e. The number of carbonyl (C=O) groups excluding carboxylic acids is 2. The number of allylic oxidation sites excluding steroid dienone is 1. The molecule has 184 valence electrons. The lowest BCUT2D eigenvalue weighted by Crippen LogP contribution is -2.30. The molecule has 0 atom stereocenters. The molecule has 0 saturated carbocycles. The molecule has 1 saturated heterocycles. The van der Waals surface area contributed by atoms with Crippen LogP contribution in [0.3, 0.4) is 0 Å². The van der Waals surface area contributed by atoms with Crippen LogP contribution >= 0.6 is 0 Å². The Morgan fingerprint density at radius 1 is 1.03 bits per heavy atom. The van der Waals surface area contributed by atoms with E-state index in [9.17, 15) is 14.0 Å². The quantitative estimate of drug-likeness (QED) is 0.245. The molecule has 3 amide bonds. The summed E-state index contributed by atoms with van der Waals surface area (Å²) >= 11 is 0. The Bertz CT molecular complexity index is 1310. The summed E-state index contributed by atoms with van der Waals surface area (Å²) in [7, 11) is 1.53. The molecule has 0 aromatic heterocycles. The van der Waals surface area contributed by atoms with Crippen molar-refractivity contribution in [3.8, 4) is 11.5 Å². The monoisotopic (exact) mass is 486 g/mol. The van der Waals surface area contributed by atoms with E-state index in [1.807, 2.05) is 37.3 Å². The van der Waals surface area contributed by atoms with E-state index in [0.717, 1.165) is 22.3 Å². The van der Waals surface area contributed by atoms with E-state index in [1.54, 1.807) is 30.4 Å². The number of aryl methyl sites for hydroxylation is 1. The zero-order valence-corrected chi connectivity index (χ0v) is 20.2. The Balaban J connectivity index is 1.58. The Hall–Kier alpha value is -4.39. The highest BCUT2D eigenvalue weighted by Gasteiger charge is 2.33. The molecule has 0 radical (unpaired) electrons. The summed E-state index contributed by atoms with van der Waals surface area (Å²) in [6.45, 7) is 6.21. The average molecular weight is 487 g/mol. The van der Waals surface area contributed by atoms with Gasteiger partial charge in [0.05, 0.1) is 13.7 Å². The highest BCUT2D eigenvalue weighted by atomic mass is 19.1. The van der Waals surface area contributed by atoms with Gasteiger partial charge in [0.15, 0.2) is 11.5 Å². The van der Waals surface area contributed by atoms with E-state index < -0.39 is 11.9 Å². The van der Waals surface area contributed by atoms with Crippen molar-refractivity contribution >= 4 is 18.0 Å². The molecule has 1 fully saturated rings. The van der Waals surface area contributed by atoms with Gasteiger partial charge >= 0.3 is 6.03 Å². The van der Waals surface area contributed by atoms with Crippen LogP contribution in [0.2, 0.25) is 0 Å². The number of imide groups is 1. The lowest BCUT2D eigenvalue weighted by Gasteiger charge is -2.16. The molecule has 3 aromatic rings. The van der Waals surface area contributed by atoms with Crippen LogP contribution in [-0.4, -0.2) is 23.9 Å². The first-order chi connectivity index (χ1) is 17.4. The lowest BCUT2D eigenvalue weighted by molar-refractivity contribution is -0.123. The van der Waals surface area contributed by atoms with Crippen LogP contribution in [0, 0.1) is 12.7 Å². The third kappa shape index (κ3) is 5.63. The van der Waals surface area contributed by atoms with Gasteiger partial charge < -0.3 is 14.8 Å². The third-order valence-electron chi connectivity index (χ3n) is 5.77. The van der Waals surface area contributed by atoms with Crippen molar-refractivity contribution in [1.29, 1.82) is 0 Å². The summed E-state index contributed by atoms with van der Waals surface area (Å²) in [5, 5.41) is 2.66. The van der Waals surface area contributed by atoms with E-state index in [0.29, 0.717) is 23.5 Å². The Kier molecular flexibility index (Phi) is 7.49. The number of urea groups is 1. The largest absolute Gasteiger partial charge is 0.493 e. The van der Waals surface area contributed by atoms with Crippen molar-refractivity contribution < 1.29 is 23.5 Å². The number of nitrogens with one attached hydrogen (secondary N) is 1. The molecule has 36 heavy (non-hydrogen) atoms. The van der Waals surface area contributed by atoms with Gasteiger partial charge in [-0.2, -0.15) is 0 Å². The third-order valence-corrected chi connectivity index (χ3v) is 5.77. The molecule has 0 unspecified atom stereocenters. The highest BCUT2D eigenvalue weighted by Crippen LogP contribution is 2.35. The molecule has 7 heteroatoms. The van der Waals surface area contributed by atoms with Gasteiger partial charge in [-0.25, -0.2) is 9.18 Å². The normalized spacial score (nSPS) is 14.2. The predicted octanol–water partition coefficient (Wildman–Crippen LogP) is 5.54. The number of hydrogen-bond donors (Lipinski definition) is 1. The zero-order chi connectivity index (χ0) is 25.7. The lowest BCUT2D eigenvalue weighted by atomic mass is 10.0. The maximum atomic E-state index is 13.2. The SMILES string of the molecule is C=CCc1cc(/C=C2/NC(=O)N(Cc3ccc(C)cc3)C2=O)cc(OC)c1OCc1ccc(F)cc1. The van der Waals surface area contributed by atoms with Crippen LogP contribution in [0.4, 0.5) is 9.18 Å². The predicted molar refractivity (Wildman–Crippen MR) is 136 cm³/mol. The van der Waals surface area contributed by atoms with Crippen LogP contribution in [0.5, 0.6) is 11.5 Å². The number of hydrogen-bond acceptors (Lipinski definition) is 4. The van der Waals surface area contributed by atoms with Crippen molar-refractivity contribution in [2.75, 3.05) is 7.11 Å². The number of nitrogens with zero attached hydrogens (tertiary/aromatic N) is 1. The first-order valence-electron chi connectivity index (χ1n) is 11.5. The van der Waals surface area contributed by atoms with Crippen molar-refractivity contribution in [2.45, 2.75) is 26.5 Å². The van der Waals surface area contributed by atoms with Crippen LogP contribution in [0.25, 0.3) is 6.08 Å². The molecule has 4 rings (SSSR count). The summed E-state index contributed by atoms with van der Waals surface area (Å²) < 4.78 is 24.8. The smallest absolute Gasteiger partial charge is 0.329 e. The maximum absolute atomic E-state index is 13.2. The van der Waals surface area contributed by atoms with Crippen LogP contribution in [0.1, 0.15) is 27.8 Å². The molecule has 1 heterocycles. The number of ether oxygens (including phenoxy) is 2. The number of methoxy groups -OCH3 is 1. The molecule has 0 spiro atoms. The van der Waals surface area contributed by atoms with Gasteiger partial charge in [0.2, 0.25) is 0 Å². The average Bonchev–Trinajstić information content (AvgIpc) is 3.12. The van der Waals surface area contributed by atoms with Crippen molar-refractivity contribution in [1.82, 2.24) is 10.2 Å². The first kappa shape index (κ1) is 24.7. The van der Waals surface area contributed by atoms with Crippen molar-refractivity contribution in [3.63, 3.8) is 0 Å². The second kappa shape index (κ2) is 10.9. The molecule has 1 aliphatic rings. The standard InChI is InChI=1S/C29H27FN2O4/c1-4-5-23-14-22(16-26(35-3)27(23)36-18-21-10-12-24(30)13-11-21)15-25-28(33)32(29(34)31-25)17-20-8-6-19(2)7-9-20/h4,6-16H,1,5,17-18H2,2-3H3,(H,31,34)/b25-15+. The van der Waals surface area contributed by atoms with E-state index in [-0.39, 0.29) is 24.7 Å². The number of benzene rings is 3. The molecule has 3 aromatic carbocycles. The number of carbonyl (C=O) groups is 2. The minimum absolute atomic E-state index is 0.179. The van der Waals surface area contributed by atoms with Gasteiger partial charge in [0.1, 0.15) is 18.1 Å². The van der Waals surface area contributed by atoms with Gasteiger partial charge in [-0.05, 0) is 60.4 Å². The molecule has 1 N–H and O–H groups in total. The molecule has 6 nitrogen and oxygen atoms in total. The Labute approximate surface area is 209 Å². The van der Waals surface area contributed by atoms with Crippen LogP contribution in [0.15, 0.2) is 79.0 Å². The van der Waals surface area contributed by atoms with E-state index in [1.165, 1.54) is 24.1 Å². The molecular formula is C29H27FN2O4. The fourth-order valence-corrected chi connectivity index (χ4v) is 3.88. The summed E-state index contributed by atoms with van der Waals surface area (Å²) in [5.41, 5.74) is 4.42. The molecular weight excluding hydrogens is 459 g/mol. The van der Waals surface area contributed by atoms with Gasteiger partial charge in [0.25, 0.3) is 5.91 Å². The fraction of sp³-hybridized carbons (Fsp3) is 0.172. The number of halogens is 1. The van der Waals surface area contributed by atoms with E-state index >= 15 is 0 Å². The molecule has 0 bridgehead atoms. The van der Waals surface area contributed by atoms with Gasteiger partial charge in [-0.15, -0.1) is 6.58 Å². The molecule has 1 aliphatic heterocycles. The summed E-state index contributed by atoms with van der Waals surface area (Å²) in [5.74, 6) is 0.289. The highest BCUT2D eigenvalue weighted by molar-refractivity contribution is 6.13. The van der Waals surface area contributed by atoms with Crippen molar-refractivity contribution in [3.05, 3.63) is 113 Å². The Morgan fingerprint density at radius 3 is 2.39 bits per heavy atom. The second-order valence-electron chi connectivity index (χ2n) is 8.48. The second-order valence-corrected chi connectivity index (χ2v) is 8.48. The van der Waals surface area contributed by atoms with Crippen molar-refractivity contribution in [2.24, 2.45) is 0 Å². The molecule has 0 aliphatic carbocycles. The summed E-state index contributed by atoms with van der Waals surface area (Å²) in [6, 6.07) is 16.9. The first-order valence-corrected chi connectivity index (χ1v) is 11.5.